The van der Waals surface area contributed by atoms with Gasteiger partial charge in [0.05, 0.1) is 39.2 Å². The molecule has 0 radical (unpaired) electrons. The molecule has 11 N–H and O–H groups in total. The topological polar surface area (TPSA) is 384 Å². The lowest BCUT2D eigenvalue weighted by atomic mass is 9.79. The van der Waals surface area contributed by atoms with Gasteiger partial charge in [-0.15, -0.1) is 0 Å². The van der Waals surface area contributed by atoms with E-state index in [1.54, 1.807) is 101 Å². The van der Waals surface area contributed by atoms with Gasteiger partial charge in [0, 0.05) is 62.1 Å². The number of aromatic nitrogens is 1. The zero-order valence-electron chi connectivity index (χ0n) is 92.9. The van der Waals surface area contributed by atoms with Crippen LogP contribution in [0.2, 0.25) is 0 Å². The van der Waals surface area contributed by atoms with Crippen LogP contribution in [0.25, 0.3) is 0 Å². The number of sulfone groups is 1. The number of primary sulfonamides is 1. The second kappa shape index (κ2) is 69.2. The summed E-state index contributed by atoms with van der Waals surface area (Å²) >= 11 is 0. The molecule has 150 heavy (non-hydrogen) atoms. The van der Waals surface area contributed by atoms with Gasteiger partial charge in [0.2, 0.25) is 37.7 Å². The molecule has 0 bridgehead atoms. The number of nitrogens with zero attached hydrogens (tertiary/aromatic N) is 2. The maximum absolute atomic E-state index is 11.7. The molecule has 26 heteroatoms. The van der Waals surface area contributed by atoms with Crippen molar-refractivity contribution in [1.82, 2.24) is 14.6 Å². The first-order valence-corrected chi connectivity index (χ1v) is 55.0. The fourth-order valence-electron chi connectivity index (χ4n) is 13.5. The molecule has 0 aliphatic heterocycles. The lowest BCUT2D eigenvalue weighted by Gasteiger charge is -2.12. The predicted molar refractivity (Wildman–Crippen MR) is 625 cm³/mol. The highest BCUT2D eigenvalue weighted by atomic mass is 32.2. The maximum atomic E-state index is 11.7. The first-order valence-electron chi connectivity index (χ1n) is 50.5. The Bertz CT molecular complexity index is 6210. The predicted octanol–water partition coefficient (Wildman–Crippen LogP) is 26.8. The molecule has 0 unspecified atom stereocenters. The van der Waals surface area contributed by atoms with Crippen LogP contribution in [0.1, 0.15) is 395 Å². The fourth-order valence-corrected chi connectivity index (χ4v) is 16.0. The molecule has 13 rings (SSSR count). The van der Waals surface area contributed by atoms with Gasteiger partial charge in [-0.25, -0.2) is 44.5 Å². The highest BCUT2D eigenvalue weighted by Crippen LogP contribution is 2.29. The van der Waals surface area contributed by atoms with Crippen LogP contribution in [0, 0.1) is 6.92 Å². The normalized spacial score (nSPS) is 11.1. The molecule has 0 spiro atoms. The Hall–Kier alpha value is -12.4. The first-order chi connectivity index (χ1) is 69.2. The van der Waals surface area contributed by atoms with Gasteiger partial charge in [-0.3, -0.25) is 19.2 Å². The Balaban J connectivity index is 0.00000161. The molecule has 1 aromatic heterocycles. The van der Waals surface area contributed by atoms with E-state index in [2.05, 4.69) is 210 Å². The molecule has 22 nitrogen and oxygen atoms in total. The number of methoxy groups -OCH3 is 1. The quantitative estimate of drug-likeness (QED) is 0.0261. The van der Waals surface area contributed by atoms with Gasteiger partial charge >= 0.3 is 13.1 Å². The van der Waals surface area contributed by atoms with E-state index in [0.29, 0.717) is 121 Å². The Morgan fingerprint density at radius 2 is 0.767 bits per heavy atom. The van der Waals surface area contributed by atoms with E-state index >= 15 is 0 Å². The van der Waals surface area contributed by atoms with Crippen LogP contribution in [0.3, 0.4) is 0 Å². The van der Waals surface area contributed by atoms with Gasteiger partial charge in [0.1, 0.15) is 0 Å². The van der Waals surface area contributed by atoms with Crippen molar-refractivity contribution in [2.24, 2.45) is 16.6 Å². The number of sulfonamides is 2. The molecule has 1 aliphatic carbocycles. The Morgan fingerprint density at radius 3 is 1.13 bits per heavy atom. The minimum atomic E-state index is -3.56. The standard InChI is InChI=1S/C12H14O.C11H17NO2S.C11H15NO.C11H16.2C10H13NO.C10H14O2S.C10H12O2.C10H14O.C9H13BO2.C9H13NO2S.C9H13NO.2CH4/c1-8(2)10-4-3-9-5-6-12(13)11(9)7-10;1-9(2)10-5-7-11(8-6-10)15(13,14)12(3)4;1-8(2)9-4-6-10(7-5-9)11(13)12-3;1-4-10-6-5-7-11(8-10)9(2)3;1-7(2)8-3-5-9(6-4-8)10(11)12;1-7(2)8-4-3-5-9(6-8)10(11)12;1-8(2)13(11,12)10-6-4-9(3)5-7-10;1-7(2)8-3-5-9(6-4-8)10(11)12;1-8(2)10-5-3-9(7-11)4-6-10;1-7(2)8-4-3-5-9(6-8)10(11)12;1-7(2)8-4-3-5-9(6-8)13(10,11)12;1-7(2)8-4-5-9(11-3)10-6-8;;/h3-4,7-8H,5-6H2,1-2H3;5-9H,1-4H3;4-8H,1-3H3,(H,12,13);5-9H,4H2,1-3H3;2*3-7H,1-2H3,(H2,11,12);4-8H,1-3H3;3-7H,1-2H3,(H,11,12);3-6,8,11H,7H2,1-2H3;3-7,11-12H,1-2H3;3-7H,1-2H3,(H2,10,11,12);4-7H,1-3H3;2*1H4. The van der Waals surface area contributed by atoms with Gasteiger partial charge in [0.25, 0.3) is 5.91 Å². The number of aryl methyl sites for hydroxylation is 3. The number of aliphatic hydroxyl groups excluding tert-OH is 1. The number of benzene rings is 11. The Morgan fingerprint density at radius 1 is 0.407 bits per heavy atom. The number of primary amides is 2. The van der Waals surface area contributed by atoms with Crippen LogP contribution >= 0.6 is 0 Å². The van der Waals surface area contributed by atoms with E-state index < -0.39 is 43.0 Å². The molecule has 11 aromatic carbocycles. The minimum absolute atomic E-state index is 0. The number of nitrogens with two attached hydrogens (primary N) is 3. The largest absolute Gasteiger partial charge is 0.488 e. The van der Waals surface area contributed by atoms with Crippen LogP contribution < -0.4 is 32.1 Å². The zero-order valence-corrected chi connectivity index (χ0v) is 95.4. The lowest BCUT2D eigenvalue weighted by molar-refractivity contribution is 0.0695. The molecule has 818 valence electrons. The molecule has 3 amide bonds. The van der Waals surface area contributed by atoms with E-state index in [-0.39, 0.29) is 49.3 Å². The third-order valence-corrected chi connectivity index (χ3v) is 28.7. The SMILES string of the molecule is C.C.CC(C)c1ccc(C(=O)O)cc1.CC(C)c1ccc(C(N)=O)cc1.CC(C)c1ccc(CO)cc1.CC(C)c1ccc(S(=O)(=O)N(C)C)cc1.CC(C)c1ccc2c(c1)C(=O)CC2.CC(C)c1cccc(B(O)O)c1.CC(C)c1cccc(C(N)=O)c1.CC(C)c1cccc(S(N)(=O)=O)c1.CCc1cccc(C(C)C)c1.CNC(=O)c1ccc(C(C)C)cc1.COc1ccc(C(C)C)cn1.Cc1ccc(S(=O)(=O)C(C)C)cc1. The number of amides is 3. The minimum Gasteiger partial charge on any atom is -0.481 e. The van der Waals surface area contributed by atoms with E-state index in [9.17, 15) is 49.2 Å². The lowest BCUT2D eigenvalue weighted by Crippen LogP contribution is -2.29. The van der Waals surface area contributed by atoms with Crippen molar-refractivity contribution in [2.45, 2.75) is 306 Å². The third-order valence-electron chi connectivity index (χ3n) is 23.8. The number of carboxylic acid groups (broad SMARTS) is 1. The van der Waals surface area contributed by atoms with E-state index in [1.165, 1.54) is 74.5 Å². The van der Waals surface area contributed by atoms with Crippen LogP contribution in [0.15, 0.2) is 294 Å². The van der Waals surface area contributed by atoms with Crippen molar-refractivity contribution in [1.29, 1.82) is 0 Å². The number of ether oxygens (including phenoxy) is 1. The molecule has 0 saturated heterocycles. The van der Waals surface area contributed by atoms with Gasteiger partial charge < -0.3 is 41.8 Å². The number of pyridine rings is 1. The molecule has 0 fully saturated rings. The van der Waals surface area contributed by atoms with Gasteiger partial charge in [-0.1, -0.05) is 356 Å². The number of hydrogen-bond acceptors (Lipinski definition) is 16. The monoisotopic (exact) mass is 2110 g/mol. The van der Waals surface area contributed by atoms with Crippen LogP contribution in [-0.4, -0.2) is 125 Å². The van der Waals surface area contributed by atoms with Crippen LogP contribution in [-0.2, 0) is 49.3 Å². The van der Waals surface area contributed by atoms with E-state index in [1.807, 2.05) is 166 Å². The summed E-state index contributed by atoms with van der Waals surface area (Å²) in [5.41, 5.74) is 32.0. The zero-order chi connectivity index (χ0) is 112. The fraction of sp³-hybridized carbons (Fsp3) is 0.387. The van der Waals surface area contributed by atoms with E-state index in [4.69, 9.17) is 41.6 Å². The highest BCUT2D eigenvalue weighted by molar-refractivity contribution is 7.92. The molecule has 0 saturated carbocycles. The van der Waals surface area contributed by atoms with Gasteiger partial charge in [-0.05, 0) is 273 Å². The number of aliphatic hydroxyl groups is 1. The van der Waals surface area contributed by atoms with Crippen molar-refractivity contribution in [3.8, 4) is 5.88 Å². The summed E-state index contributed by atoms with van der Waals surface area (Å²) < 4.78 is 74.9. The number of carbonyl (C=O) groups excluding carboxylic acids is 4. The van der Waals surface area contributed by atoms with Crippen molar-refractivity contribution in [2.75, 3.05) is 28.3 Å². The number of carboxylic acids is 1. The summed E-state index contributed by atoms with van der Waals surface area (Å²) in [4.78, 5) is 59.6. The summed E-state index contributed by atoms with van der Waals surface area (Å²) in [7, 11) is -4.97. The maximum Gasteiger partial charge on any atom is 0.488 e. The summed E-state index contributed by atoms with van der Waals surface area (Å²) in [6.07, 6.45) is 4.63. The molecule has 1 heterocycles. The summed E-state index contributed by atoms with van der Waals surface area (Å²) in [5.74, 6) is 4.67. The first kappa shape index (κ1) is 138. The number of rotatable bonds is 24. The number of carbonyl (C=O) groups is 5. The summed E-state index contributed by atoms with van der Waals surface area (Å²) in [6, 6.07) is 84.7. The second-order valence-corrected chi connectivity index (χ2v) is 45.9. The van der Waals surface area contributed by atoms with Crippen LogP contribution in [0.4, 0.5) is 0 Å². The van der Waals surface area contributed by atoms with Gasteiger partial charge in [-0.2, -0.15) is 0 Å². The van der Waals surface area contributed by atoms with Crippen LogP contribution in [0.5, 0.6) is 5.88 Å². The number of aromatic carboxylic acids is 1. The molecule has 1 aliphatic rings. The Labute approximate surface area is 901 Å². The molecular weight excluding hydrogens is 1940 g/mol. The molecule has 0 atom stereocenters. The van der Waals surface area contributed by atoms with Crippen molar-refractivity contribution < 1.29 is 74.2 Å². The van der Waals surface area contributed by atoms with E-state index in [0.717, 1.165) is 51.8 Å². The number of nitrogens with one attached hydrogen (secondary N) is 1. The number of fused-ring (bicyclic) bond motifs is 1. The number of Topliss-reactive ketones (excluding diaryl/α,β-unsaturated/α-hetero) is 1. The third kappa shape index (κ3) is 50.1. The summed E-state index contributed by atoms with van der Waals surface area (Å²) in [6.45, 7) is 54.1. The highest BCUT2D eigenvalue weighted by Gasteiger charge is 2.23. The van der Waals surface area contributed by atoms with Crippen molar-refractivity contribution >= 4 is 71.9 Å². The Kier molecular flexibility index (Phi) is 63.5. The smallest absolute Gasteiger partial charge is 0.481 e. The number of ketones is 1. The van der Waals surface area contributed by atoms with Gasteiger partial charge in [0.15, 0.2) is 15.6 Å². The van der Waals surface area contributed by atoms with Crippen molar-refractivity contribution in [3.63, 3.8) is 0 Å². The van der Waals surface area contributed by atoms with Crippen molar-refractivity contribution in [3.05, 3.63) is 390 Å². The molecular formula is C124H175BN6O16S3. The average Bonchev–Trinajstić information content (AvgIpc) is 1.61. The number of hydrogen-bond donors (Lipinski definition) is 8. The average molecular weight is 2110 g/mol. The second-order valence-electron chi connectivity index (χ2n) is 39.7. The summed E-state index contributed by atoms with van der Waals surface area (Å²) in [5, 5.41) is 42.4. The molecule has 12 aromatic rings.